The molecule has 0 aliphatic carbocycles. The molecule has 0 bridgehead atoms. The lowest BCUT2D eigenvalue weighted by Crippen LogP contribution is -2.45. The predicted octanol–water partition coefficient (Wildman–Crippen LogP) is 1.94. The number of hydrogen-bond acceptors (Lipinski definition) is 3. The van der Waals surface area contributed by atoms with Crippen LogP contribution in [0.2, 0.25) is 0 Å². The summed E-state index contributed by atoms with van der Waals surface area (Å²) < 4.78 is 0. The topological polar surface area (TPSA) is 66.6 Å². The van der Waals surface area contributed by atoms with E-state index in [2.05, 4.69) is 18.7 Å². The number of hydrogen-bond donors (Lipinski definition) is 2. The van der Waals surface area contributed by atoms with Crippen LogP contribution in [0.4, 0.5) is 0 Å². The van der Waals surface area contributed by atoms with E-state index < -0.39 is 11.5 Å². The Morgan fingerprint density at radius 1 is 1.33 bits per heavy atom. The van der Waals surface area contributed by atoms with Crippen molar-refractivity contribution in [1.82, 2.24) is 4.90 Å². The molecule has 0 aromatic heterocycles. The van der Waals surface area contributed by atoms with Crippen molar-refractivity contribution in [3.05, 3.63) is 0 Å². The van der Waals surface area contributed by atoms with Crippen LogP contribution in [0.5, 0.6) is 0 Å². The number of piperidine rings is 1. The zero-order valence-electron chi connectivity index (χ0n) is 12.0. The summed E-state index contributed by atoms with van der Waals surface area (Å²) in [7, 11) is 0. The third kappa shape index (κ3) is 4.94. The molecule has 106 valence electrons. The second-order valence-corrected chi connectivity index (χ2v) is 6.39. The highest BCUT2D eigenvalue weighted by molar-refractivity contribution is 5.77. The van der Waals surface area contributed by atoms with Crippen molar-refractivity contribution in [3.8, 4) is 0 Å². The van der Waals surface area contributed by atoms with E-state index in [0.717, 1.165) is 31.2 Å². The SMILES string of the molecule is CC1CC(C)CN(CCCCC(C)(N)C(=O)O)C1. The summed E-state index contributed by atoms with van der Waals surface area (Å²) in [5.74, 6) is 0.669. The monoisotopic (exact) mass is 256 g/mol. The maximum atomic E-state index is 10.9. The molecule has 0 radical (unpaired) electrons. The molecule has 4 heteroatoms. The summed E-state index contributed by atoms with van der Waals surface area (Å²) >= 11 is 0. The van der Waals surface area contributed by atoms with Crippen molar-refractivity contribution in [1.29, 1.82) is 0 Å². The van der Waals surface area contributed by atoms with Gasteiger partial charge in [-0.2, -0.15) is 0 Å². The Bertz CT molecular complexity index is 269. The number of carbonyl (C=O) groups is 1. The zero-order chi connectivity index (χ0) is 13.8. The molecule has 1 fully saturated rings. The van der Waals surface area contributed by atoms with E-state index in [1.807, 2.05) is 0 Å². The first-order chi connectivity index (χ1) is 8.31. The Hall–Kier alpha value is -0.610. The van der Waals surface area contributed by atoms with Gasteiger partial charge in [0.25, 0.3) is 0 Å². The van der Waals surface area contributed by atoms with Crippen molar-refractivity contribution in [3.63, 3.8) is 0 Å². The quantitative estimate of drug-likeness (QED) is 0.713. The lowest BCUT2D eigenvalue weighted by molar-refractivity contribution is -0.142. The van der Waals surface area contributed by atoms with Crippen LogP contribution < -0.4 is 5.73 Å². The van der Waals surface area contributed by atoms with Gasteiger partial charge in [-0.3, -0.25) is 4.79 Å². The van der Waals surface area contributed by atoms with Crippen LogP contribution >= 0.6 is 0 Å². The largest absolute Gasteiger partial charge is 0.480 e. The van der Waals surface area contributed by atoms with Gasteiger partial charge in [-0.1, -0.05) is 13.8 Å². The average Bonchev–Trinajstić information content (AvgIpc) is 2.23. The van der Waals surface area contributed by atoms with E-state index in [9.17, 15) is 4.79 Å². The fourth-order valence-electron chi connectivity index (χ4n) is 2.91. The van der Waals surface area contributed by atoms with E-state index in [1.165, 1.54) is 19.5 Å². The molecule has 1 aliphatic heterocycles. The van der Waals surface area contributed by atoms with Gasteiger partial charge in [0.05, 0.1) is 0 Å². The fraction of sp³-hybridized carbons (Fsp3) is 0.929. The Morgan fingerprint density at radius 2 is 1.89 bits per heavy atom. The Labute approximate surface area is 111 Å². The first kappa shape index (κ1) is 15.4. The minimum absolute atomic E-state index is 0.557. The molecule has 0 aromatic rings. The average molecular weight is 256 g/mol. The van der Waals surface area contributed by atoms with Crippen molar-refractivity contribution in [2.45, 2.75) is 52.0 Å². The van der Waals surface area contributed by atoms with Gasteiger partial charge in [0.1, 0.15) is 5.54 Å². The van der Waals surface area contributed by atoms with Crippen molar-refractivity contribution in [2.75, 3.05) is 19.6 Å². The molecule has 3 atom stereocenters. The molecular weight excluding hydrogens is 228 g/mol. The standard InChI is InChI=1S/C14H28N2O2/c1-11-8-12(2)10-16(9-11)7-5-4-6-14(3,15)13(17)18/h11-12H,4-10,15H2,1-3H3,(H,17,18). The molecule has 3 unspecified atom stereocenters. The third-order valence-corrected chi connectivity index (χ3v) is 3.85. The minimum Gasteiger partial charge on any atom is -0.480 e. The molecule has 0 aromatic carbocycles. The highest BCUT2D eigenvalue weighted by Crippen LogP contribution is 2.21. The van der Waals surface area contributed by atoms with Crippen molar-refractivity contribution < 1.29 is 9.90 Å². The second-order valence-electron chi connectivity index (χ2n) is 6.39. The number of likely N-dealkylation sites (tertiary alicyclic amines) is 1. The number of aliphatic carboxylic acids is 1. The molecular formula is C14H28N2O2. The van der Waals surface area contributed by atoms with Crippen LogP contribution in [0.3, 0.4) is 0 Å². The number of unbranched alkanes of at least 4 members (excludes halogenated alkanes) is 1. The predicted molar refractivity (Wildman–Crippen MR) is 73.5 cm³/mol. The van der Waals surface area contributed by atoms with E-state index in [4.69, 9.17) is 10.8 Å². The van der Waals surface area contributed by atoms with Crippen LogP contribution in [-0.2, 0) is 4.79 Å². The maximum Gasteiger partial charge on any atom is 0.323 e. The first-order valence-corrected chi connectivity index (χ1v) is 7.06. The van der Waals surface area contributed by atoms with Crippen molar-refractivity contribution >= 4 is 5.97 Å². The van der Waals surface area contributed by atoms with Crippen LogP contribution in [0, 0.1) is 11.8 Å². The van der Waals surface area contributed by atoms with Crippen LogP contribution in [0.15, 0.2) is 0 Å². The molecule has 18 heavy (non-hydrogen) atoms. The van der Waals surface area contributed by atoms with E-state index in [-0.39, 0.29) is 0 Å². The number of nitrogens with zero attached hydrogens (tertiary/aromatic N) is 1. The zero-order valence-corrected chi connectivity index (χ0v) is 12.0. The fourth-order valence-corrected chi connectivity index (χ4v) is 2.91. The molecule has 1 rings (SSSR count). The van der Waals surface area contributed by atoms with E-state index in [0.29, 0.717) is 6.42 Å². The number of carboxylic acid groups (broad SMARTS) is 1. The summed E-state index contributed by atoms with van der Waals surface area (Å²) in [6.45, 7) is 9.66. The van der Waals surface area contributed by atoms with E-state index in [1.54, 1.807) is 6.92 Å². The van der Waals surface area contributed by atoms with Gasteiger partial charge in [-0.25, -0.2) is 0 Å². The summed E-state index contributed by atoms with van der Waals surface area (Å²) in [4.78, 5) is 13.4. The molecule has 0 spiro atoms. The van der Waals surface area contributed by atoms with Gasteiger partial charge in [0.2, 0.25) is 0 Å². The summed E-state index contributed by atoms with van der Waals surface area (Å²) in [5.41, 5.74) is 4.64. The maximum absolute atomic E-state index is 10.9. The van der Waals surface area contributed by atoms with E-state index >= 15 is 0 Å². The highest BCUT2D eigenvalue weighted by Gasteiger charge is 2.27. The Kier molecular flexibility index (Phi) is 5.60. The molecule has 0 saturated carbocycles. The minimum atomic E-state index is -1.07. The van der Waals surface area contributed by atoms with Gasteiger partial charge < -0.3 is 15.7 Å². The third-order valence-electron chi connectivity index (χ3n) is 3.85. The highest BCUT2D eigenvalue weighted by atomic mass is 16.4. The van der Waals surface area contributed by atoms with Crippen LogP contribution in [0.25, 0.3) is 0 Å². The Morgan fingerprint density at radius 3 is 2.39 bits per heavy atom. The Balaban J connectivity index is 2.20. The second kappa shape index (κ2) is 6.53. The van der Waals surface area contributed by atoms with Gasteiger partial charge in [0, 0.05) is 13.1 Å². The smallest absolute Gasteiger partial charge is 0.323 e. The lowest BCUT2D eigenvalue weighted by atomic mass is 9.91. The van der Waals surface area contributed by atoms with Crippen molar-refractivity contribution in [2.24, 2.45) is 17.6 Å². The number of nitrogens with two attached hydrogens (primary N) is 1. The van der Waals surface area contributed by atoms with Gasteiger partial charge in [0.15, 0.2) is 0 Å². The normalized spacial score (nSPS) is 28.9. The van der Waals surface area contributed by atoms with Gasteiger partial charge >= 0.3 is 5.97 Å². The molecule has 0 amide bonds. The number of carboxylic acids is 1. The van der Waals surface area contributed by atoms with Crippen LogP contribution in [-0.4, -0.2) is 41.1 Å². The molecule has 1 saturated heterocycles. The molecule has 1 aliphatic rings. The van der Waals surface area contributed by atoms with Gasteiger partial charge in [-0.05, 0) is 51.0 Å². The molecule has 3 N–H and O–H groups in total. The summed E-state index contributed by atoms with van der Waals surface area (Å²) in [6.07, 6.45) is 3.82. The number of rotatable bonds is 6. The molecule has 1 heterocycles. The lowest BCUT2D eigenvalue weighted by Gasteiger charge is -2.35. The first-order valence-electron chi connectivity index (χ1n) is 7.06. The van der Waals surface area contributed by atoms with Gasteiger partial charge in [-0.15, -0.1) is 0 Å². The van der Waals surface area contributed by atoms with Crippen LogP contribution in [0.1, 0.15) is 46.5 Å². The molecule has 4 nitrogen and oxygen atoms in total. The summed E-state index contributed by atoms with van der Waals surface area (Å²) in [6, 6.07) is 0. The summed E-state index contributed by atoms with van der Waals surface area (Å²) in [5, 5.41) is 8.92.